The molecule has 0 saturated carbocycles. The highest BCUT2D eigenvalue weighted by Crippen LogP contribution is 2.50. The lowest BCUT2D eigenvalue weighted by Crippen LogP contribution is -2.16. The number of anilines is 3. The smallest absolute Gasteiger partial charge is 0.227 e. The van der Waals surface area contributed by atoms with Crippen LogP contribution in [0.2, 0.25) is 0 Å². The molecular weight excluding hydrogens is 572 g/mol. The van der Waals surface area contributed by atoms with Gasteiger partial charge in [0.1, 0.15) is 5.52 Å². The van der Waals surface area contributed by atoms with E-state index in [0.29, 0.717) is 5.89 Å². The molecule has 0 saturated heterocycles. The summed E-state index contributed by atoms with van der Waals surface area (Å²) in [5.41, 5.74) is 13.6. The molecule has 0 unspecified atom stereocenters. The van der Waals surface area contributed by atoms with Crippen LogP contribution in [-0.4, -0.2) is 4.98 Å². The second-order valence-electron chi connectivity index (χ2n) is 12.8. The van der Waals surface area contributed by atoms with E-state index in [4.69, 9.17) is 9.40 Å². The first kappa shape index (κ1) is 27.4. The maximum Gasteiger partial charge on any atom is 0.227 e. The summed E-state index contributed by atoms with van der Waals surface area (Å²) in [6, 6.07) is 56.0. The molecule has 0 bridgehead atoms. The number of aromatic nitrogens is 1. The molecule has 0 spiro atoms. The lowest BCUT2D eigenvalue weighted by atomic mass is 9.82. The molecule has 1 aromatic heterocycles. The summed E-state index contributed by atoms with van der Waals surface area (Å²) < 4.78 is 6.36. The minimum absolute atomic E-state index is 0.0741. The number of fused-ring (bicyclic) bond motifs is 6. The zero-order chi connectivity index (χ0) is 31.5. The van der Waals surface area contributed by atoms with Gasteiger partial charge < -0.3 is 9.32 Å². The predicted octanol–water partition coefficient (Wildman–Crippen LogP) is 12.1. The van der Waals surface area contributed by atoms with Crippen molar-refractivity contribution in [2.45, 2.75) is 19.3 Å². The Labute approximate surface area is 274 Å². The molecule has 0 fully saturated rings. The number of benzene rings is 7. The van der Waals surface area contributed by atoms with Gasteiger partial charge in [-0.3, -0.25) is 0 Å². The van der Waals surface area contributed by atoms with Gasteiger partial charge >= 0.3 is 0 Å². The summed E-state index contributed by atoms with van der Waals surface area (Å²) in [5, 5.41) is 2.20. The van der Waals surface area contributed by atoms with Crippen molar-refractivity contribution >= 4 is 38.9 Å². The Morgan fingerprint density at radius 3 is 1.89 bits per heavy atom. The Balaban J connectivity index is 1.15. The average Bonchev–Trinajstić information content (AvgIpc) is 3.66. The molecule has 47 heavy (non-hydrogen) atoms. The van der Waals surface area contributed by atoms with Gasteiger partial charge in [-0.25, -0.2) is 4.98 Å². The van der Waals surface area contributed by atoms with E-state index in [0.717, 1.165) is 55.6 Å². The lowest BCUT2D eigenvalue weighted by Gasteiger charge is -2.28. The maximum atomic E-state index is 6.36. The first-order valence-electron chi connectivity index (χ1n) is 16.1. The van der Waals surface area contributed by atoms with Gasteiger partial charge in [0.15, 0.2) is 5.58 Å². The van der Waals surface area contributed by atoms with Crippen LogP contribution in [-0.2, 0) is 5.41 Å². The molecule has 0 atom stereocenters. The van der Waals surface area contributed by atoms with E-state index in [1.54, 1.807) is 0 Å². The lowest BCUT2D eigenvalue weighted by molar-refractivity contribution is 0.623. The molecule has 8 aromatic rings. The Hall–Kier alpha value is -5.93. The molecule has 1 aliphatic rings. The van der Waals surface area contributed by atoms with E-state index >= 15 is 0 Å². The predicted molar refractivity (Wildman–Crippen MR) is 195 cm³/mol. The summed E-state index contributed by atoms with van der Waals surface area (Å²) in [5.74, 6) is 0.636. The topological polar surface area (TPSA) is 29.3 Å². The van der Waals surface area contributed by atoms with Gasteiger partial charge in [0.2, 0.25) is 5.89 Å². The Morgan fingerprint density at radius 1 is 0.489 bits per heavy atom. The van der Waals surface area contributed by atoms with Gasteiger partial charge in [-0.1, -0.05) is 117 Å². The summed E-state index contributed by atoms with van der Waals surface area (Å²) in [6.07, 6.45) is 0. The number of oxazole rings is 1. The molecule has 0 N–H and O–H groups in total. The fourth-order valence-corrected chi connectivity index (χ4v) is 7.34. The van der Waals surface area contributed by atoms with Gasteiger partial charge in [0, 0.05) is 33.4 Å². The summed E-state index contributed by atoms with van der Waals surface area (Å²) in [4.78, 5) is 7.28. The SMILES string of the molecule is CC1(C)c2ccccc2-c2ccc(N(c3ccccc3)c3ccc(-c4cc5nc(-c6ccccc6)oc5c5ccccc45)cc3)cc21. The number of hydrogen-bond acceptors (Lipinski definition) is 3. The number of para-hydroxylation sites is 1. The standard InChI is InChI=1S/C44H32N2O/c1-44(2)39-20-12-11-18-35(39)36-26-25-33(27-40(36)44)46(31-15-7-4-8-16-31)32-23-21-29(22-24-32)38-28-41-42(37-19-10-9-17-34(37)38)47-43(45-41)30-13-5-3-6-14-30/h3-28H,1-2H3. The second kappa shape index (κ2) is 10.6. The van der Waals surface area contributed by atoms with Crippen molar-refractivity contribution in [2.75, 3.05) is 4.90 Å². The number of rotatable bonds is 5. The maximum absolute atomic E-state index is 6.36. The van der Waals surface area contributed by atoms with E-state index in [-0.39, 0.29) is 5.41 Å². The molecular formula is C44H32N2O. The summed E-state index contributed by atoms with van der Waals surface area (Å²) >= 11 is 0. The number of nitrogens with zero attached hydrogens (tertiary/aromatic N) is 2. The second-order valence-corrected chi connectivity index (χ2v) is 12.8. The molecule has 0 aliphatic heterocycles. The quantitative estimate of drug-likeness (QED) is 0.196. The van der Waals surface area contributed by atoms with Gasteiger partial charge in [0.05, 0.1) is 0 Å². The van der Waals surface area contributed by atoms with Crippen LogP contribution in [0.4, 0.5) is 17.1 Å². The molecule has 1 aliphatic carbocycles. The van der Waals surface area contributed by atoms with Crippen molar-refractivity contribution in [1.29, 1.82) is 0 Å². The van der Waals surface area contributed by atoms with Crippen LogP contribution in [0.5, 0.6) is 0 Å². The zero-order valence-electron chi connectivity index (χ0n) is 26.3. The van der Waals surface area contributed by atoms with Crippen molar-refractivity contribution in [2.24, 2.45) is 0 Å². The monoisotopic (exact) mass is 604 g/mol. The third-order valence-electron chi connectivity index (χ3n) is 9.69. The Morgan fingerprint density at radius 2 is 1.11 bits per heavy atom. The van der Waals surface area contributed by atoms with Crippen LogP contribution in [0.3, 0.4) is 0 Å². The molecule has 9 rings (SSSR count). The van der Waals surface area contributed by atoms with Gasteiger partial charge in [-0.05, 0) is 93.4 Å². The van der Waals surface area contributed by atoms with Crippen molar-refractivity contribution in [3.8, 4) is 33.7 Å². The molecule has 7 aromatic carbocycles. The first-order valence-corrected chi connectivity index (χ1v) is 16.1. The summed E-state index contributed by atoms with van der Waals surface area (Å²) in [7, 11) is 0. The number of hydrogen-bond donors (Lipinski definition) is 0. The minimum atomic E-state index is -0.0741. The van der Waals surface area contributed by atoms with E-state index in [9.17, 15) is 0 Å². The highest BCUT2D eigenvalue weighted by atomic mass is 16.3. The van der Waals surface area contributed by atoms with Crippen LogP contribution in [0.25, 0.3) is 55.6 Å². The van der Waals surface area contributed by atoms with Gasteiger partial charge in [-0.15, -0.1) is 0 Å². The van der Waals surface area contributed by atoms with E-state index in [2.05, 4.69) is 146 Å². The molecule has 3 heteroatoms. The fraction of sp³-hybridized carbons (Fsp3) is 0.0682. The highest BCUT2D eigenvalue weighted by Gasteiger charge is 2.35. The van der Waals surface area contributed by atoms with Gasteiger partial charge in [0.25, 0.3) is 0 Å². The summed E-state index contributed by atoms with van der Waals surface area (Å²) in [6.45, 7) is 4.67. The van der Waals surface area contributed by atoms with Crippen LogP contribution in [0, 0.1) is 0 Å². The van der Waals surface area contributed by atoms with Crippen LogP contribution in [0.15, 0.2) is 162 Å². The Kier molecular flexibility index (Phi) is 6.16. The largest absolute Gasteiger partial charge is 0.435 e. The van der Waals surface area contributed by atoms with Crippen LogP contribution >= 0.6 is 0 Å². The van der Waals surface area contributed by atoms with Crippen molar-refractivity contribution in [1.82, 2.24) is 4.98 Å². The first-order chi connectivity index (χ1) is 23.1. The highest BCUT2D eigenvalue weighted by molar-refractivity contribution is 6.11. The van der Waals surface area contributed by atoms with E-state index in [1.165, 1.54) is 22.3 Å². The molecule has 3 nitrogen and oxygen atoms in total. The van der Waals surface area contributed by atoms with Gasteiger partial charge in [-0.2, -0.15) is 0 Å². The Bertz CT molecular complexity index is 2420. The van der Waals surface area contributed by atoms with E-state index < -0.39 is 0 Å². The molecule has 224 valence electrons. The molecule has 0 radical (unpaired) electrons. The normalized spacial score (nSPS) is 13.1. The third kappa shape index (κ3) is 4.39. The van der Waals surface area contributed by atoms with Crippen molar-refractivity contribution in [3.05, 3.63) is 169 Å². The van der Waals surface area contributed by atoms with Crippen LogP contribution < -0.4 is 4.90 Å². The third-order valence-corrected chi connectivity index (χ3v) is 9.69. The van der Waals surface area contributed by atoms with Crippen molar-refractivity contribution < 1.29 is 4.42 Å². The fourth-order valence-electron chi connectivity index (χ4n) is 7.34. The van der Waals surface area contributed by atoms with Crippen LogP contribution in [0.1, 0.15) is 25.0 Å². The zero-order valence-corrected chi connectivity index (χ0v) is 26.3. The van der Waals surface area contributed by atoms with E-state index in [1.807, 2.05) is 30.3 Å². The van der Waals surface area contributed by atoms with Crippen molar-refractivity contribution in [3.63, 3.8) is 0 Å². The molecule has 1 heterocycles. The average molecular weight is 605 g/mol. The molecule has 0 amide bonds. The minimum Gasteiger partial charge on any atom is -0.435 e.